The van der Waals surface area contributed by atoms with Crippen LogP contribution in [0, 0.1) is 6.92 Å². The van der Waals surface area contributed by atoms with Gasteiger partial charge in [0, 0.05) is 35.7 Å². The van der Waals surface area contributed by atoms with E-state index in [1.165, 1.54) is 6.92 Å². The first-order chi connectivity index (χ1) is 12.4. The lowest BCUT2D eigenvalue weighted by Crippen LogP contribution is -2.23. The van der Waals surface area contributed by atoms with Gasteiger partial charge in [-0.2, -0.15) is 0 Å². The van der Waals surface area contributed by atoms with E-state index in [1.807, 2.05) is 19.1 Å². The number of nitrogens with zero attached hydrogens (tertiary/aromatic N) is 1. The van der Waals surface area contributed by atoms with Crippen LogP contribution in [0.2, 0.25) is 0 Å². The van der Waals surface area contributed by atoms with E-state index >= 15 is 0 Å². The predicted octanol–water partition coefficient (Wildman–Crippen LogP) is 4.09. The van der Waals surface area contributed by atoms with E-state index in [2.05, 4.69) is 35.4 Å². The average Bonchev–Trinajstić information content (AvgIpc) is 2.63. The summed E-state index contributed by atoms with van der Waals surface area (Å²) in [5, 5.41) is 6.00. The average molecular weight is 353 g/mol. The van der Waals surface area contributed by atoms with Crippen molar-refractivity contribution in [1.82, 2.24) is 0 Å². The minimum absolute atomic E-state index is 0.0259. The summed E-state index contributed by atoms with van der Waals surface area (Å²) in [6, 6.07) is 13.2. The molecule has 5 heteroatoms. The van der Waals surface area contributed by atoms with Crippen molar-refractivity contribution in [3.05, 3.63) is 53.6 Å². The quantitative estimate of drug-likeness (QED) is 0.702. The number of nitrogens with one attached hydrogen (secondary N) is 2. The Morgan fingerprint density at radius 1 is 1.00 bits per heavy atom. The van der Waals surface area contributed by atoms with Crippen LogP contribution in [-0.2, 0) is 4.79 Å². The number of hydrogen-bond donors (Lipinski definition) is 2. The summed E-state index contributed by atoms with van der Waals surface area (Å²) in [5.74, 6) is -0.0859. The molecule has 0 radical (unpaired) electrons. The van der Waals surface area contributed by atoms with Crippen molar-refractivity contribution in [3.8, 4) is 0 Å². The van der Waals surface area contributed by atoms with Crippen molar-refractivity contribution in [1.29, 1.82) is 0 Å². The third kappa shape index (κ3) is 5.09. The molecule has 0 atom stereocenters. The fraction of sp³-hybridized carbons (Fsp3) is 0.333. The van der Waals surface area contributed by atoms with Gasteiger partial charge in [-0.25, -0.2) is 0 Å². The van der Waals surface area contributed by atoms with Gasteiger partial charge in [-0.05, 0) is 75.7 Å². The molecule has 0 saturated carbocycles. The molecule has 0 saturated heterocycles. The van der Waals surface area contributed by atoms with E-state index in [1.54, 1.807) is 24.3 Å². The lowest BCUT2D eigenvalue weighted by Gasteiger charge is -2.22. The Balaban J connectivity index is 1.94. The fourth-order valence-electron chi connectivity index (χ4n) is 2.77. The van der Waals surface area contributed by atoms with E-state index in [-0.39, 0.29) is 18.2 Å². The molecule has 0 bridgehead atoms. The normalized spacial score (nSPS) is 10.3. The van der Waals surface area contributed by atoms with Gasteiger partial charge in [-0.15, -0.1) is 0 Å². The number of hydrogen-bond acceptors (Lipinski definition) is 4. The molecule has 1 amide bonds. The molecule has 0 unspecified atom stereocenters. The van der Waals surface area contributed by atoms with Crippen molar-refractivity contribution in [2.45, 2.75) is 27.7 Å². The molecule has 0 aromatic heterocycles. The first-order valence-corrected chi connectivity index (χ1v) is 8.95. The molecule has 2 rings (SSSR count). The van der Waals surface area contributed by atoms with Gasteiger partial charge in [0.15, 0.2) is 5.78 Å². The SMILES string of the molecule is CCN(CC)c1ccc(NC(=O)CNc2ccc(C(C)=O)cc2)c(C)c1. The van der Waals surface area contributed by atoms with Crippen molar-refractivity contribution < 1.29 is 9.59 Å². The van der Waals surface area contributed by atoms with E-state index < -0.39 is 0 Å². The smallest absolute Gasteiger partial charge is 0.243 e. The van der Waals surface area contributed by atoms with Crippen LogP contribution in [0.15, 0.2) is 42.5 Å². The van der Waals surface area contributed by atoms with Crippen LogP contribution in [0.4, 0.5) is 17.1 Å². The molecule has 0 fully saturated rings. The first kappa shape index (κ1) is 19.5. The maximum absolute atomic E-state index is 12.2. The van der Waals surface area contributed by atoms with Gasteiger partial charge in [0.05, 0.1) is 6.54 Å². The number of rotatable bonds is 8. The van der Waals surface area contributed by atoms with Crippen LogP contribution < -0.4 is 15.5 Å². The highest BCUT2D eigenvalue weighted by Gasteiger charge is 2.08. The molecular formula is C21H27N3O2. The second kappa shape index (κ2) is 9.04. The van der Waals surface area contributed by atoms with Crippen LogP contribution in [0.5, 0.6) is 0 Å². The van der Waals surface area contributed by atoms with E-state index in [9.17, 15) is 9.59 Å². The molecule has 2 aromatic rings. The van der Waals surface area contributed by atoms with Gasteiger partial charge < -0.3 is 15.5 Å². The van der Waals surface area contributed by atoms with Crippen molar-refractivity contribution >= 4 is 28.8 Å². The summed E-state index contributed by atoms with van der Waals surface area (Å²) in [7, 11) is 0. The van der Waals surface area contributed by atoms with Gasteiger partial charge in [0.2, 0.25) is 5.91 Å². The van der Waals surface area contributed by atoms with Gasteiger partial charge in [0.1, 0.15) is 0 Å². The zero-order chi connectivity index (χ0) is 19.1. The largest absolute Gasteiger partial charge is 0.376 e. The fourth-order valence-corrected chi connectivity index (χ4v) is 2.77. The summed E-state index contributed by atoms with van der Waals surface area (Å²) in [5.41, 5.74) is 4.48. The predicted molar refractivity (Wildman–Crippen MR) is 108 cm³/mol. The number of carbonyl (C=O) groups excluding carboxylic acids is 2. The van der Waals surface area contributed by atoms with Crippen LogP contribution >= 0.6 is 0 Å². The molecule has 0 aliphatic heterocycles. The highest BCUT2D eigenvalue weighted by atomic mass is 16.2. The molecule has 0 spiro atoms. The maximum Gasteiger partial charge on any atom is 0.243 e. The number of aryl methyl sites for hydroxylation is 1. The number of anilines is 3. The van der Waals surface area contributed by atoms with Crippen molar-refractivity contribution in [3.63, 3.8) is 0 Å². The summed E-state index contributed by atoms with van der Waals surface area (Å²) in [6.45, 7) is 9.85. The highest BCUT2D eigenvalue weighted by molar-refractivity contribution is 5.95. The number of carbonyl (C=O) groups is 2. The third-order valence-electron chi connectivity index (χ3n) is 4.36. The first-order valence-electron chi connectivity index (χ1n) is 8.95. The van der Waals surface area contributed by atoms with Crippen LogP contribution in [-0.4, -0.2) is 31.3 Å². The Bertz CT molecular complexity index is 765. The number of ketones is 1. The monoisotopic (exact) mass is 353 g/mol. The van der Waals surface area contributed by atoms with Crippen LogP contribution in [0.3, 0.4) is 0 Å². The highest BCUT2D eigenvalue weighted by Crippen LogP contribution is 2.22. The lowest BCUT2D eigenvalue weighted by molar-refractivity contribution is -0.114. The summed E-state index contributed by atoms with van der Waals surface area (Å²) in [6.07, 6.45) is 0. The topological polar surface area (TPSA) is 61.4 Å². The molecule has 0 aliphatic carbocycles. The van der Waals surface area contributed by atoms with Gasteiger partial charge in [0.25, 0.3) is 0 Å². The molecule has 5 nitrogen and oxygen atoms in total. The standard InChI is InChI=1S/C21H27N3O2/c1-5-24(6-2)19-11-12-20(15(3)13-19)23-21(26)14-22-18-9-7-17(8-10-18)16(4)25/h7-13,22H,5-6,14H2,1-4H3,(H,23,26). The van der Waals surface area contributed by atoms with E-state index in [0.29, 0.717) is 5.56 Å². The summed E-state index contributed by atoms with van der Waals surface area (Å²) < 4.78 is 0. The van der Waals surface area contributed by atoms with Gasteiger partial charge in [-0.1, -0.05) is 0 Å². The second-order valence-electron chi connectivity index (χ2n) is 6.21. The number of amides is 1. The molecule has 0 aliphatic rings. The minimum Gasteiger partial charge on any atom is -0.376 e. The number of benzene rings is 2. The zero-order valence-electron chi connectivity index (χ0n) is 15.9. The van der Waals surface area contributed by atoms with E-state index in [4.69, 9.17) is 0 Å². The van der Waals surface area contributed by atoms with E-state index in [0.717, 1.165) is 35.7 Å². The maximum atomic E-state index is 12.2. The molecule has 0 heterocycles. The van der Waals surface area contributed by atoms with Crippen LogP contribution in [0.25, 0.3) is 0 Å². The Morgan fingerprint density at radius 2 is 1.65 bits per heavy atom. The molecule has 26 heavy (non-hydrogen) atoms. The van der Waals surface area contributed by atoms with Crippen molar-refractivity contribution in [2.24, 2.45) is 0 Å². The molecule has 2 aromatic carbocycles. The Kier molecular flexibility index (Phi) is 6.78. The third-order valence-corrected chi connectivity index (χ3v) is 4.36. The Hall–Kier alpha value is -2.82. The number of Topliss-reactive ketones (excluding diaryl/α,β-unsaturated/α-hetero) is 1. The van der Waals surface area contributed by atoms with Crippen molar-refractivity contribution in [2.75, 3.05) is 35.2 Å². The van der Waals surface area contributed by atoms with Crippen LogP contribution in [0.1, 0.15) is 36.7 Å². The Morgan fingerprint density at radius 3 is 2.19 bits per heavy atom. The summed E-state index contributed by atoms with van der Waals surface area (Å²) >= 11 is 0. The minimum atomic E-state index is -0.112. The summed E-state index contributed by atoms with van der Waals surface area (Å²) in [4.78, 5) is 25.7. The zero-order valence-corrected chi connectivity index (χ0v) is 15.9. The Labute approximate surface area is 155 Å². The molecule has 138 valence electrons. The molecular weight excluding hydrogens is 326 g/mol. The molecule has 2 N–H and O–H groups in total. The van der Waals surface area contributed by atoms with Gasteiger partial charge in [-0.3, -0.25) is 9.59 Å². The second-order valence-corrected chi connectivity index (χ2v) is 6.21. The lowest BCUT2D eigenvalue weighted by atomic mass is 10.1. The van der Waals surface area contributed by atoms with Gasteiger partial charge >= 0.3 is 0 Å².